The summed E-state index contributed by atoms with van der Waals surface area (Å²) in [5, 5.41) is 8.72. The molecule has 1 N–H and O–H groups in total. The van der Waals surface area contributed by atoms with Crippen LogP contribution in [0.4, 0.5) is 0 Å². The van der Waals surface area contributed by atoms with Crippen molar-refractivity contribution in [1.82, 2.24) is 0 Å². The first-order valence-corrected chi connectivity index (χ1v) is 6.97. The number of ether oxygens (including phenoxy) is 2. The lowest BCUT2D eigenvalue weighted by Crippen LogP contribution is -1.99. The van der Waals surface area contributed by atoms with E-state index in [9.17, 15) is 4.79 Å². The van der Waals surface area contributed by atoms with E-state index >= 15 is 0 Å². The maximum absolute atomic E-state index is 10.6. The summed E-state index contributed by atoms with van der Waals surface area (Å²) in [5.74, 6) is 0.340. The molecule has 0 radical (unpaired) electrons. The maximum atomic E-state index is 10.6. The molecule has 4 heteroatoms. The number of aliphatic carboxylic acids is 1. The zero-order valence-corrected chi connectivity index (χ0v) is 12.8. The van der Waals surface area contributed by atoms with E-state index in [1.165, 1.54) is 6.08 Å². The lowest BCUT2D eigenvalue weighted by molar-refractivity contribution is -0.131. The predicted molar refractivity (Wildman–Crippen MR) is 83.8 cm³/mol. The second-order valence-corrected chi connectivity index (χ2v) is 4.81. The number of hydrogen-bond donors (Lipinski definition) is 1. The predicted octanol–water partition coefficient (Wildman–Crippen LogP) is 3.92. The average Bonchev–Trinajstić information content (AvgIpc) is 2.43. The molecule has 0 aliphatic heterocycles. The fraction of sp³-hybridized carbons (Fsp3) is 0.353. The van der Waals surface area contributed by atoms with Gasteiger partial charge in [0.1, 0.15) is 18.1 Å². The van der Waals surface area contributed by atoms with Gasteiger partial charge in [-0.15, -0.1) is 0 Å². The van der Waals surface area contributed by atoms with E-state index in [4.69, 9.17) is 14.6 Å². The Morgan fingerprint density at radius 1 is 1.29 bits per heavy atom. The molecule has 0 aromatic heterocycles. The fourth-order valence-corrected chi connectivity index (χ4v) is 1.55. The molecule has 0 fully saturated rings. The molecule has 114 valence electrons. The minimum atomic E-state index is -0.989. The van der Waals surface area contributed by atoms with Crippen molar-refractivity contribution in [1.29, 1.82) is 0 Å². The molecule has 0 aliphatic carbocycles. The van der Waals surface area contributed by atoms with Crippen molar-refractivity contribution in [2.24, 2.45) is 0 Å². The monoisotopic (exact) mass is 290 g/mol. The van der Waals surface area contributed by atoms with E-state index in [0.29, 0.717) is 24.5 Å². The zero-order valence-electron chi connectivity index (χ0n) is 12.8. The highest BCUT2D eigenvalue weighted by Gasteiger charge is 2.04. The number of carboxylic acids is 1. The number of carbonyl (C=O) groups is 1. The average molecular weight is 290 g/mol. The number of carboxylic acid groups (broad SMARTS) is 1. The number of allylic oxidation sites excluding steroid dienone is 1. The van der Waals surface area contributed by atoms with Crippen molar-refractivity contribution in [3.05, 3.63) is 41.5 Å². The summed E-state index contributed by atoms with van der Waals surface area (Å²) in [4.78, 5) is 10.6. The molecular weight excluding hydrogens is 268 g/mol. The molecule has 4 nitrogen and oxygen atoms in total. The van der Waals surface area contributed by atoms with Gasteiger partial charge < -0.3 is 14.6 Å². The molecule has 0 unspecified atom stereocenters. The van der Waals surface area contributed by atoms with Crippen LogP contribution in [0.15, 0.2) is 35.9 Å². The second-order valence-electron chi connectivity index (χ2n) is 4.81. The summed E-state index contributed by atoms with van der Waals surface area (Å²) in [7, 11) is 0. The van der Waals surface area contributed by atoms with Gasteiger partial charge in [-0.05, 0) is 44.6 Å². The largest absolute Gasteiger partial charge is 0.493 e. The molecule has 0 atom stereocenters. The Balaban J connectivity index is 2.94. The molecule has 1 aromatic carbocycles. The van der Waals surface area contributed by atoms with Crippen LogP contribution < -0.4 is 9.47 Å². The van der Waals surface area contributed by atoms with Gasteiger partial charge in [0.05, 0.1) is 6.61 Å². The first-order chi connectivity index (χ1) is 10.0. The maximum Gasteiger partial charge on any atom is 0.328 e. The number of benzene rings is 1. The van der Waals surface area contributed by atoms with Crippen molar-refractivity contribution < 1.29 is 19.4 Å². The molecule has 0 amide bonds. The van der Waals surface area contributed by atoms with Gasteiger partial charge in [-0.25, -0.2) is 4.79 Å². The number of hydrogen-bond acceptors (Lipinski definition) is 3. The van der Waals surface area contributed by atoms with Gasteiger partial charge in [-0.1, -0.05) is 12.5 Å². The van der Waals surface area contributed by atoms with Gasteiger partial charge in [-0.3, -0.25) is 0 Å². The lowest BCUT2D eigenvalue weighted by Gasteiger charge is -2.11. The molecule has 0 aliphatic rings. The van der Waals surface area contributed by atoms with Crippen LogP contribution in [0.2, 0.25) is 0 Å². The normalized spacial score (nSPS) is 10.4. The van der Waals surface area contributed by atoms with E-state index < -0.39 is 5.97 Å². The molecular formula is C17H22O4. The van der Waals surface area contributed by atoms with Crippen LogP contribution in [0.25, 0.3) is 6.08 Å². The molecule has 1 aromatic rings. The Kier molecular flexibility index (Phi) is 7.09. The number of rotatable bonds is 8. The third-order valence-electron chi connectivity index (χ3n) is 2.59. The highest BCUT2D eigenvalue weighted by atomic mass is 16.5. The van der Waals surface area contributed by atoms with Crippen molar-refractivity contribution in [2.75, 3.05) is 13.2 Å². The van der Waals surface area contributed by atoms with E-state index in [1.807, 2.05) is 32.9 Å². The van der Waals surface area contributed by atoms with Crippen molar-refractivity contribution in [3.8, 4) is 11.5 Å². The van der Waals surface area contributed by atoms with E-state index in [2.05, 4.69) is 0 Å². The summed E-state index contributed by atoms with van der Waals surface area (Å²) in [5.41, 5.74) is 1.87. The van der Waals surface area contributed by atoms with E-state index in [0.717, 1.165) is 23.8 Å². The topological polar surface area (TPSA) is 55.8 Å². The Morgan fingerprint density at radius 2 is 2.05 bits per heavy atom. The third kappa shape index (κ3) is 6.65. The minimum absolute atomic E-state index is 0.438. The summed E-state index contributed by atoms with van der Waals surface area (Å²) in [6, 6.07) is 5.39. The van der Waals surface area contributed by atoms with Crippen LogP contribution in [0.1, 0.15) is 32.8 Å². The van der Waals surface area contributed by atoms with Crippen molar-refractivity contribution in [2.45, 2.75) is 27.2 Å². The highest BCUT2D eigenvalue weighted by molar-refractivity contribution is 5.86. The molecule has 21 heavy (non-hydrogen) atoms. The third-order valence-corrected chi connectivity index (χ3v) is 2.59. The fourth-order valence-electron chi connectivity index (χ4n) is 1.55. The first-order valence-electron chi connectivity index (χ1n) is 6.97. The summed E-state index contributed by atoms with van der Waals surface area (Å²) in [6.45, 7) is 7.10. The van der Waals surface area contributed by atoms with E-state index in [1.54, 1.807) is 12.1 Å². The standard InChI is InChI=1S/C17H22O4/c1-4-10-20-15-7-5-14(6-8-17(18)19)16(12-15)21-11-9-13(2)3/h5-9,12H,4,10-11H2,1-3H3,(H,18,19)/b8-6+. The van der Waals surface area contributed by atoms with Crippen LogP contribution in [0.5, 0.6) is 11.5 Å². The first kappa shape index (κ1) is 16.8. The second kappa shape index (κ2) is 8.84. The highest BCUT2D eigenvalue weighted by Crippen LogP contribution is 2.26. The Hall–Kier alpha value is -2.23. The lowest BCUT2D eigenvalue weighted by atomic mass is 10.1. The quantitative estimate of drug-likeness (QED) is 0.582. The van der Waals surface area contributed by atoms with Crippen molar-refractivity contribution >= 4 is 12.0 Å². The van der Waals surface area contributed by atoms with Crippen LogP contribution >= 0.6 is 0 Å². The molecule has 0 saturated heterocycles. The summed E-state index contributed by atoms with van der Waals surface area (Å²) < 4.78 is 11.3. The van der Waals surface area contributed by atoms with Gasteiger partial charge >= 0.3 is 5.97 Å². The van der Waals surface area contributed by atoms with Gasteiger partial charge in [0.25, 0.3) is 0 Å². The summed E-state index contributed by atoms with van der Waals surface area (Å²) in [6.07, 6.45) is 5.50. The zero-order chi connectivity index (χ0) is 15.7. The van der Waals surface area contributed by atoms with Crippen molar-refractivity contribution in [3.63, 3.8) is 0 Å². The Morgan fingerprint density at radius 3 is 2.67 bits per heavy atom. The summed E-state index contributed by atoms with van der Waals surface area (Å²) >= 11 is 0. The Labute approximate surface area is 125 Å². The molecule has 0 saturated carbocycles. The van der Waals surface area contributed by atoms with E-state index in [-0.39, 0.29) is 0 Å². The minimum Gasteiger partial charge on any atom is -0.493 e. The van der Waals surface area contributed by atoms with Gasteiger partial charge in [0.2, 0.25) is 0 Å². The smallest absolute Gasteiger partial charge is 0.328 e. The van der Waals surface area contributed by atoms with Crippen LogP contribution in [-0.2, 0) is 4.79 Å². The molecule has 0 heterocycles. The molecule has 0 bridgehead atoms. The van der Waals surface area contributed by atoms with Crippen LogP contribution in [0.3, 0.4) is 0 Å². The van der Waals surface area contributed by atoms with Gasteiger partial charge in [0.15, 0.2) is 0 Å². The Bertz CT molecular complexity index is 526. The van der Waals surface area contributed by atoms with Gasteiger partial charge in [0, 0.05) is 17.7 Å². The SMILES string of the molecule is CCCOc1ccc(/C=C/C(=O)O)c(OCC=C(C)C)c1. The van der Waals surface area contributed by atoms with Gasteiger partial charge in [-0.2, -0.15) is 0 Å². The van der Waals surface area contributed by atoms with Crippen LogP contribution in [0, 0.1) is 0 Å². The molecule has 1 rings (SSSR count). The molecule has 0 spiro atoms. The van der Waals surface area contributed by atoms with Crippen LogP contribution in [-0.4, -0.2) is 24.3 Å².